The first kappa shape index (κ1) is 20.2. The number of allylic oxidation sites excluding steroid dienone is 2. The summed E-state index contributed by atoms with van der Waals surface area (Å²) in [5, 5.41) is 0.664. The van der Waals surface area contributed by atoms with Crippen molar-refractivity contribution >= 4 is 33.9 Å². The van der Waals surface area contributed by atoms with Gasteiger partial charge >= 0.3 is 5.97 Å². The van der Waals surface area contributed by atoms with E-state index in [0.29, 0.717) is 29.1 Å². The number of carbonyl (C=O) groups is 2. The van der Waals surface area contributed by atoms with E-state index < -0.39 is 18.0 Å². The number of esters is 1. The lowest BCUT2D eigenvalue weighted by molar-refractivity contribution is -0.134. The Morgan fingerprint density at radius 2 is 1.94 bits per heavy atom. The summed E-state index contributed by atoms with van der Waals surface area (Å²) in [4.78, 5) is 32.9. The number of benzene rings is 1. The highest BCUT2D eigenvalue weighted by Gasteiger charge is 2.47. The Labute approximate surface area is 189 Å². The molecule has 5 nitrogen and oxygen atoms in total. The summed E-state index contributed by atoms with van der Waals surface area (Å²) in [5.74, 6) is -0.447. The largest absolute Gasteiger partial charge is 0.451 e. The number of ether oxygens (including phenoxy) is 1. The Morgan fingerprint density at radius 3 is 2.68 bits per heavy atom. The molecule has 2 atom stereocenters. The van der Waals surface area contributed by atoms with E-state index in [0.717, 1.165) is 36.1 Å². The fourth-order valence-corrected chi connectivity index (χ4v) is 5.26. The molecule has 3 aliphatic rings. The molecule has 1 fully saturated rings. The maximum atomic E-state index is 13.5. The van der Waals surface area contributed by atoms with E-state index >= 15 is 0 Å². The molecule has 2 aliphatic carbocycles. The van der Waals surface area contributed by atoms with Gasteiger partial charge in [-0.05, 0) is 48.1 Å². The van der Waals surface area contributed by atoms with E-state index in [2.05, 4.69) is 39.1 Å². The molecule has 1 aromatic carbocycles. The summed E-state index contributed by atoms with van der Waals surface area (Å²) in [6.45, 7) is 1.31. The number of hydrogen-bond donors (Lipinski definition) is 0. The molecule has 6 heteroatoms. The zero-order chi connectivity index (χ0) is 21.4. The third-order valence-electron chi connectivity index (χ3n) is 6.34. The number of alkyl halides is 1. The Bertz CT molecular complexity index is 1070. The van der Waals surface area contributed by atoms with Crippen LogP contribution in [0.3, 0.4) is 0 Å². The third-order valence-corrected chi connectivity index (χ3v) is 6.94. The summed E-state index contributed by atoms with van der Waals surface area (Å²) in [6, 6.07) is 10.9. The Morgan fingerprint density at radius 1 is 1.16 bits per heavy atom. The van der Waals surface area contributed by atoms with Crippen molar-refractivity contribution < 1.29 is 14.3 Å². The summed E-state index contributed by atoms with van der Waals surface area (Å²) in [6.07, 6.45) is 9.47. The smallest absolute Gasteiger partial charge is 0.338 e. The van der Waals surface area contributed by atoms with Crippen LogP contribution < -0.4 is 0 Å². The summed E-state index contributed by atoms with van der Waals surface area (Å²) < 4.78 is 5.99. The summed E-state index contributed by atoms with van der Waals surface area (Å²) in [7, 11) is 0. The topological polar surface area (TPSA) is 59.5 Å². The normalized spacial score (nSPS) is 22.3. The van der Waals surface area contributed by atoms with Gasteiger partial charge in [-0.15, -0.1) is 0 Å². The number of hydrogen-bond acceptors (Lipinski definition) is 4. The number of pyridine rings is 1. The summed E-state index contributed by atoms with van der Waals surface area (Å²) >= 11 is 3.55. The van der Waals surface area contributed by atoms with Crippen molar-refractivity contribution in [3.63, 3.8) is 0 Å². The standard InChI is InChI=1S/C25H23BrN2O3/c26-13-18-10-11-27-22-20(18)12-19-15-28(14-16-6-4-5-7-16)24(29)21(19)23(22)31-25(30)17-8-2-1-3-9-17/h1-5,8-12,16,21,23H,6-7,13-15H2. The minimum Gasteiger partial charge on any atom is -0.451 e. The van der Waals surface area contributed by atoms with Gasteiger partial charge in [-0.2, -0.15) is 0 Å². The van der Waals surface area contributed by atoms with Gasteiger partial charge in [0, 0.05) is 30.2 Å². The number of rotatable bonds is 5. The molecule has 1 aromatic heterocycles. The van der Waals surface area contributed by atoms with Crippen LogP contribution in [-0.4, -0.2) is 34.8 Å². The van der Waals surface area contributed by atoms with Crippen LogP contribution in [0, 0.1) is 11.8 Å². The molecule has 2 heterocycles. The maximum absolute atomic E-state index is 13.5. The quantitative estimate of drug-likeness (QED) is 0.355. The number of carbonyl (C=O) groups excluding carboxylic acids is 2. The molecule has 0 radical (unpaired) electrons. The second-order valence-electron chi connectivity index (χ2n) is 8.32. The van der Waals surface area contributed by atoms with E-state index in [1.54, 1.807) is 30.5 Å². The Kier molecular flexibility index (Phi) is 5.48. The maximum Gasteiger partial charge on any atom is 0.338 e. The SMILES string of the molecule is O=C(OC1c2nccc(CBr)c2C=C2CN(CC3CC=CC3)C(=O)C21)c1ccccc1. The van der Waals surface area contributed by atoms with Crippen molar-refractivity contribution in [2.24, 2.45) is 11.8 Å². The van der Waals surface area contributed by atoms with Crippen molar-refractivity contribution in [2.45, 2.75) is 24.3 Å². The van der Waals surface area contributed by atoms with Gasteiger partial charge in [-0.1, -0.05) is 52.4 Å². The number of fused-ring (bicyclic) bond motifs is 2. The molecule has 0 saturated carbocycles. The van der Waals surface area contributed by atoms with Crippen LogP contribution in [-0.2, 0) is 14.9 Å². The van der Waals surface area contributed by atoms with E-state index in [1.165, 1.54) is 0 Å². The first-order chi connectivity index (χ1) is 15.2. The third kappa shape index (κ3) is 3.74. The zero-order valence-corrected chi connectivity index (χ0v) is 18.6. The highest BCUT2D eigenvalue weighted by molar-refractivity contribution is 9.08. The minimum absolute atomic E-state index is 0.0284. The fraction of sp³-hybridized carbons (Fsp3) is 0.320. The molecule has 1 amide bonds. The molecule has 0 N–H and O–H groups in total. The van der Waals surface area contributed by atoms with Crippen LogP contribution in [0.2, 0.25) is 0 Å². The molecular weight excluding hydrogens is 456 g/mol. The van der Waals surface area contributed by atoms with E-state index in [4.69, 9.17) is 4.74 Å². The van der Waals surface area contributed by atoms with Gasteiger partial charge in [0.05, 0.1) is 11.3 Å². The molecule has 1 aliphatic heterocycles. The highest BCUT2D eigenvalue weighted by atomic mass is 79.9. The van der Waals surface area contributed by atoms with Crippen LogP contribution >= 0.6 is 15.9 Å². The van der Waals surface area contributed by atoms with Crippen molar-refractivity contribution in [1.82, 2.24) is 9.88 Å². The average Bonchev–Trinajstić information content (AvgIpc) is 3.42. The molecule has 31 heavy (non-hydrogen) atoms. The monoisotopic (exact) mass is 478 g/mol. The van der Waals surface area contributed by atoms with Crippen LogP contribution in [0.1, 0.15) is 46.1 Å². The molecule has 0 spiro atoms. The van der Waals surface area contributed by atoms with E-state index in [9.17, 15) is 9.59 Å². The molecule has 2 unspecified atom stereocenters. The molecule has 1 saturated heterocycles. The lowest BCUT2D eigenvalue weighted by Crippen LogP contribution is -2.35. The number of halogens is 1. The van der Waals surface area contributed by atoms with Crippen molar-refractivity contribution in [2.75, 3.05) is 13.1 Å². The van der Waals surface area contributed by atoms with Crippen LogP contribution in [0.4, 0.5) is 0 Å². The van der Waals surface area contributed by atoms with Crippen LogP contribution in [0.5, 0.6) is 0 Å². The molecule has 5 rings (SSSR count). The van der Waals surface area contributed by atoms with Crippen LogP contribution in [0.25, 0.3) is 6.08 Å². The number of likely N-dealkylation sites (tertiary alicyclic amines) is 1. The van der Waals surface area contributed by atoms with Gasteiger partial charge in [0.1, 0.15) is 5.92 Å². The zero-order valence-electron chi connectivity index (χ0n) is 17.0. The Hall–Kier alpha value is -2.73. The molecule has 0 bridgehead atoms. The lowest BCUT2D eigenvalue weighted by atomic mass is 9.83. The molecule has 2 aromatic rings. The second-order valence-corrected chi connectivity index (χ2v) is 8.88. The van der Waals surface area contributed by atoms with Gasteiger partial charge in [-0.25, -0.2) is 4.79 Å². The minimum atomic E-state index is -0.721. The average molecular weight is 479 g/mol. The van der Waals surface area contributed by atoms with Gasteiger partial charge in [0.15, 0.2) is 6.10 Å². The number of aromatic nitrogens is 1. The van der Waals surface area contributed by atoms with Gasteiger partial charge in [-0.3, -0.25) is 9.78 Å². The number of nitrogens with zero attached hydrogens (tertiary/aromatic N) is 2. The predicted molar refractivity (Wildman–Crippen MR) is 121 cm³/mol. The molecular formula is C25H23BrN2O3. The van der Waals surface area contributed by atoms with E-state index in [1.807, 2.05) is 17.0 Å². The molecule has 158 valence electrons. The van der Waals surface area contributed by atoms with Crippen molar-refractivity contribution in [3.8, 4) is 0 Å². The van der Waals surface area contributed by atoms with E-state index in [-0.39, 0.29) is 5.91 Å². The first-order valence-corrected chi connectivity index (χ1v) is 11.7. The van der Waals surface area contributed by atoms with Gasteiger partial charge < -0.3 is 9.64 Å². The van der Waals surface area contributed by atoms with Crippen LogP contribution in [0.15, 0.2) is 60.3 Å². The predicted octanol–water partition coefficient (Wildman–Crippen LogP) is 4.70. The van der Waals surface area contributed by atoms with Crippen molar-refractivity contribution in [3.05, 3.63) is 82.7 Å². The summed E-state index contributed by atoms with van der Waals surface area (Å²) in [5.41, 5.74) is 4.16. The van der Waals surface area contributed by atoms with Gasteiger partial charge in [0.25, 0.3) is 0 Å². The number of amides is 1. The first-order valence-electron chi connectivity index (χ1n) is 10.6. The highest BCUT2D eigenvalue weighted by Crippen LogP contribution is 2.45. The van der Waals surface area contributed by atoms with Crippen molar-refractivity contribution in [1.29, 1.82) is 0 Å². The Balaban J connectivity index is 1.49. The lowest BCUT2D eigenvalue weighted by Gasteiger charge is -2.29. The van der Waals surface area contributed by atoms with Gasteiger partial charge in [0.2, 0.25) is 5.91 Å². The fourth-order valence-electron chi connectivity index (χ4n) is 4.77. The second kappa shape index (κ2) is 8.42.